The number of nitrogens with one attached hydrogen (secondary N) is 1. The molecule has 0 aromatic heterocycles. The summed E-state index contributed by atoms with van der Waals surface area (Å²) in [6.45, 7) is 4.00. The molecule has 0 amide bonds. The molecule has 31 heavy (non-hydrogen) atoms. The minimum Gasteiger partial charge on any atom is -0.506 e. The van der Waals surface area contributed by atoms with Crippen molar-refractivity contribution in [3.05, 3.63) is 76.5 Å². The molecule has 0 saturated heterocycles. The van der Waals surface area contributed by atoms with Gasteiger partial charge >= 0.3 is 0 Å². The summed E-state index contributed by atoms with van der Waals surface area (Å²) in [7, 11) is 0. The van der Waals surface area contributed by atoms with Gasteiger partial charge in [0.1, 0.15) is 17.4 Å². The molecule has 2 aliphatic carbocycles. The molecular weight excluding hydrogens is 390 g/mol. The zero-order valence-corrected chi connectivity index (χ0v) is 17.3. The molecule has 0 unspecified atom stereocenters. The average Bonchev–Trinajstić information content (AvgIpc) is 2.96. The highest BCUT2D eigenvalue weighted by Crippen LogP contribution is 2.37. The second kappa shape index (κ2) is 7.69. The molecule has 6 nitrogen and oxygen atoms in total. The molecular formula is C25H21N3O3. The van der Waals surface area contributed by atoms with Gasteiger partial charge in [-0.3, -0.25) is 14.6 Å². The molecule has 0 spiro atoms. The molecule has 2 aromatic carbocycles. The first kappa shape index (κ1) is 20.3. The van der Waals surface area contributed by atoms with Gasteiger partial charge in [-0.05, 0) is 30.0 Å². The number of allylic oxidation sites excluding steroid dienone is 3. The van der Waals surface area contributed by atoms with Gasteiger partial charge in [0, 0.05) is 35.1 Å². The number of benzene rings is 2. The number of carbonyl (C=O) groups excluding carboxylic acids is 2. The summed E-state index contributed by atoms with van der Waals surface area (Å²) in [6.07, 6.45) is 2.30. The fraction of sp³-hybridized carbons (Fsp3) is 0.200. The Bertz CT molecular complexity index is 1240. The van der Waals surface area contributed by atoms with Crippen LogP contribution in [0.5, 0.6) is 0 Å². The van der Waals surface area contributed by atoms with Gasteiger partial charge in [-0.2, -0.15) is 5.26 Å². The molecule has 2 aliphatic rings. The van der Waals surface area contributed by atoms with Gasteiger partial charge in [-0.1, -0.05) is 44.2 Å². The minimum absolute atomic E-state index is 0.0783. The molecule has 0 radical (unpaired) electrons. The molecule has 2 aromatic rings. The smallest absolute Gasteiger partial charge is 0.199 e. The van der Waals surface area contributed by atoms with Crippen LogP contribution in [-0.4, -0.2) is 22.9 Å². The van der Waals surface area contributed by atoms with Crippen molar-refractivity contribution >= 4 is 34.9 Å². The first-order valence-corrected chi connectivity index (χ1v) is 9.94. The zero-order chi connectivity index (χ0) is 22.2. The minimum atomic E-state index is -0.266. The third-order valence-electron chi connectivity index (χ3n) is 5.40. The third kappa shape index (κ3) is 3.90. The molecule has 0 bridgehead atoms. The van der Waals surface area contributed by atoms with Crippen molar-refractivity contribution < 1.29 is 14.7 Å². The third-order valence-corrected chi connectivity index (χ3v) is 5.40. The Morgan fingerprint density at radius 3 is 2.55 bits per heavy atom. The number of aliphatic hydroxyl groups excluding tert-OH is 1. The van der Waals surface area contributed by atoms with E-state index in [9.17, 15) is 20.0 Å². The van der Waals surface area contributed by atoms with Crippen molar-refractivity contribution in [2.75, 3.05) is 5.32 Å². The van der Waals surface area contributed by atoms with E-state index in [2.05, 4.69) is 10.3 Å². The molecule has 2 N–H and O–H groups in total. The Labute approximate surface area is 180 Å². The van der Waals surface area contributed by atoms with Gasteiger partial charge in [0.25, 0.3) is 0 Å². The quantitative estimate of drug-likeness (QED) is 0.679. The summed E-state index contributed by atoms with van der Waals surface area (Å²) in [5.41, 5.74) is 2.90. The summed E-state index contributed by atoms with van der Waals surface area (Å²) < 4.78 is 0. The topological polar surface area (TPSA) is 103 Å². The lowest BCUT2D eigenvalue weighted by atomic mass is 9.76. The van der Waals surface area contributed by atoms with Crippen LogP contribution in [-0.2, 0) is 4.79 Å². The fourth-order valence-corrected chi connectivity index (χ4v) is 3.94. The van der Waals surface area contributed by atoms with Crippen LogP contribution >= 0.6 is 0 Å². The normalized spacial score (nSPS) is 17.8. The Kier molecular flexibility index (Phi) is 5.04. The van der Waals surface area contributed by atoms with E-state index in [-0.39, 0.29) is 33.9 Å². The van der Waals surface area contributed by atoms with Crippen molar-refractivity contribution in [2.45, 2.75) is 26.7 Å². The highest BCUT2D eigenvalue weighted by molar-refractivity contribution is 6.30. The Morgan fingerprint density at radius 1 is 1.10 bits per heavy atom. The maximum absolute atomic E-state index is 12.5. The summed E-state index contributed by atoms with van der Waals surface area (Å²) in [5, 5.41) is 23.0. The number of fused-ring (bicyclic) bond motifs is 1. The maximum Gasteiger partial charge on any atom is 0.199 e. The number of ketones is 2. The lowest BCUT2D eigenvalue weighted by molar-refractivity contribution is -0.117. The summed E-state index contributed by atoms with van der Waals surface area (Å²) in [5.74, 6) is -0.500. The number of rotatable bonds is 4. The van der Waals surface area contributed by atoms with Gasteiger partial charge in [0.05, 0.1) is 11.3 Å². The number of aliphatic imine (C=N–C) groups is 1. The van der Waals surface area contributed by atoms with Crippen LogP contribution in [0.15, 0.2) is 70.4 Å². The van der Waals surface area contributed by atoms with E-state index in [0.717, 1.165) is 0 Å². The molecule has 0 heterocycles. The van der Waals surface area contributed by atoms with Crippen molar-refractivity contribution in [3.63, 3.8) is 0 Å². The van der Waals surface area contributed by atoms with E-state index < -0.39 is 0 Å². The van der Waals surface area contributed by atoms with E-state index in [1.165, 1.54) is 6.21 Å². The number of nitriles is 1. The van der Waals surface area contributed by atoms with Crippen LogP contribution in [0.1, 0.15) is 42.6 Å². The number of Topliss-reactive ketones (excluding diaryl/α,β-unsaturated/α-hetero) is 2. The average molecular weight is 411 g/mol. The van der Waals surface area contributed by atoms with Gasteiger partial charge < -0.3 is 10.4 Å². The maximum atomic E-state index is 12.5. The molecule has 6 heteroatoms. The van der Waals surface area contributed by atoms with Crippen molar-refractivity contribution in [2.24, 2.45) is 10.4 Å². The summed E-state index contributed by atoms with van der Waals surface area (Å²) >= 11 is 0. The number of anilines is 1. The molecule has 0 aliphatic heterocycles. The second-order valence-electron chi connectivity index (χ2n) is 8.48. The molecule has 0 saturated carbocycles. The number of aliphatic hydroxyl groups is 1. The Balaban J connectivity index is 1.59. The summed E-state index contributed by atoms with van der Waals surface area (Å²) in [6, 6.07) is 16.0. The van der Waals surface area contributed by atoms with Crippen molar-refractivity contribution in [3.8, 4) is 6.07 Å². The first-order chi connectivity index (χ1) is 14.8. The van der Waals surface area contributed by atoms with E-state index >= 15 is 0 Å². The van der Waals surface area contributed by atoms with E-state index in [1.807, 2.05) is 26.0 Å². The van der Waals surface area contributed by atoms with Gasteiger partial charge in [0.2, 0.25) is 0 Å². The van der Waals surface area contributed by atoms with E-state index in [4.69, 9.17) is 0 Å². The van der Waals surface area contributed by atoms with Crippen LogP contribution in [0.3, 0.4) is 0 Å². The van der Waals surface area contributed by atoms with Crippen LogP contribution in [0.2, 0.25) is 0 Å². The monoisotopic (exact) mass is 411 g/mol. The van der Waals surface area contributed by atoms with Crippen LogP contribution in [0.4, 0.5) is 11.4 Å². The fourth-order valence-electron chi connectivity index (χ4n) is 3.94. The van der Waals surface area contributed by atoms with E-state index in [1.54, 1.807) is 42.5 Å². The number of nitrogens with zero attached hydrogens (tertiary/aromatic N) is 2. The van der Waals surface area contributed by atoms with Crippen LogP contribution in [0.25, 0.3) is 5.76 Å². The Hall–Kier alpha value is -3.98. The highest BCUT2D eigenvalue weighted by Gasteiger charge is 2.33. The number of hydrogen-bond acceptors (Lipinski definition) is 6. The van der Waals surface area contributed by atoms with Crippen molar-refractivity contribution in [1.29, 1.82) is 5.26 Å². The largest absolute Gasteiger partial charge is 0.506 e. The SMILES string of the molecule is CC1(C)CC(=O)C(C#N)=C(Nc2cccc(N=CC3=C(O)c4ccccc4C3=O)c2)C1. The van der Waals surface area contributed by atoms with E-state index in [0.29, 0.717) is 41.0 Å². The predicted molar refractivity (Wildman–Crippen MR) is 119 cm³/mol. The number of hydrogen-bond donors (Lipinski definition) is 2. The standard InChI is InChI=1S/C25H21N3O3/c1-25(2)11-21(19(13-26)22(29)12-25)28-16-7-5-6-15(10-16)27-14-20-23(30)17-8-3-4-9-18(17)24(20)31/h3-10,14,28,30H,11-12H2,1-2H3. The van der Waals surface area contributed by atoms with Crippen LogP contribution in [0, 0.1) is 16.7 Å². The Morgan fingerprint density at radius 2 is 1.84 bits per heavy atom. The molecule has 0 fully saturated rings. The second-order valence-corrected chi connectivity index (χ2v) is 8.48. The first-order valence-electron chi connectivity index (χ1n) is 9.94. The molecule has 4 rings (SSSR count). The van der Waals surface area contributed by atoms with Crippen LogP contribution < -0.4 is 5.32 Å². The van der Waals surface area contributed by atoms with Gasteiger partial charge in [0.15, 0.2) is 11.6 Å². The van der Waals surface area contributed by atoms with Gasteiger partial charge in [-0.15, -0.1) is 0 Å². The lowest BCUT2D eigenvalue weighted by Crippen LogP contribution is -2.27. The number of carbonyl (C=O) groups is 2. The van der Waals surface area contributed by atoms with Crippen molar-refractivity contribution in [1.82, 2.24) is 0 Å². The lowest BCUT2D eigenvalue weighted by Gasteiger charge is -2.30. The van der Waals surface area contributed by atoms with Gasteiger partial charge in [-0.25, -0.2) is 0 Å². The molecule has 154 valence electrons. The zero-order valence-electron chi connectivity index (χ0n) is 17.3. The summed E-state index contributed by atoms with van der Waals surface area (Å²) in [4.78, 5) is 29.2. The molecule has 0 atom stereocenters. The highest BCUT2D eigenvalue weighted by atomic mass is 16.3. The predicted octanol–water partition coefficient (Wildman–Crippen LogP) is 5.13.